The van der Waals surface area contributed by atoms with Gasteiger partial charge in [-0.3, -0.25) is 4.79 Å². The number of hydrogen-bond donors (Lipinski definition) is 4. The molecule has 0 fully saturated rings. The molecular weight excluding hydrogens is 406 g/mol. The Hall–Kier alpha value is -3.20. The van der Waals surface area contributed by atoms with Gasteiger partial charge in [0, 0.05) is 30.0 Å². The summed E-state index contributed by atoms with van der Waals surface area (Å²) in [7, 11) is 0. The summed E-state index contributed by atoms with van der Waals surface area (Å²) in [5.74, 6) is 0.412. The molecule has 154 valence electrons. The molecule has 1 aromatic carbocycles. The highest BCUT2D eigenvalue weighted by Crippen LogP contribution is 2.30. The second-order valence-electron chi connectivity index (χ2n) is 6.89. The average Bonchev–Trinajstić information content (AvgIpc) is 3.43. The highest BCUT2D eigenvalue weighted by molar-refractivity contribution is 6.33. The molecule has 9 heteroatoms. The van der Waals surface area contributed by atoms with E-state index in [2.05, 4.69) is 25.6 Å². The van der Waals surface area contributed by atoms with E-state index in [1.165, 1.54) is 6.26 Å². The van der Waals surface area contributed by atoms with Crippen molar-refractivity contribution in [2.45, 2.75) is 19.5 Å². The fourth-order valence-electron chi connectivity index (χ4n) is 2.91. The third-order valence-electron chi connectivity index (χ3n) is 4.55. The molecule has 0 aliphatic rings. The molecule has 0 bridgehead atoms. The van der Waals surface area contributed by atoms with Gasteiger partial charge in [-0.15, -0.1) is 0 Å². The number of benzene rings is 1. The number of H-pyrrole nitrogens is 1. The van der Waals surface area contributed by atoms with Crippen LogP contribution in [0.4, 0.5) is 5.69 Å². The highest BCUT2D eigenvalue weighted by Gasteiger charge is 2.14. The van der Waals surface area contributed by atoms with E-state index in [9.17, 15) is 4.79 Å². The van der Waals surface area contributed by atoms with Gasteiger partial charge in [-0.2, -0.15) is 0 Å². The van der Waals surface area contributed by atoms with Crippen molar-refractivity contribution in [1.29, 1.82) is 0 Å². The van der Waals surface area contributed by atoms with Gasteiger partial charge in [-0.05, 0) is 48.9 Å². The number of rotatable bonds is 7. The molecule has 0 spiro atoms. The van der Waals surface area contributed by atoms with Crippen molar-refractivity contribution in [3.8, 4) is 11.4 Å². The molecule has 1 atom stereocenters. The Bertz CT molecular complexity index is 1170. The molecule has 0 aliphatic heterocycles. The van der Waals surface area contributed by atoms with Gasteiger partial charge >= 0.3 is 0 Å². The van der Waals surface area contributed by atoms with Gasteiger partial charge in [0.2, 0.25) is 0 Å². The molecule has 0 saturated carbocycles. The summed E-state index contributed by atoms with van der Waals surface area (Å²) >= 11 is 6.38. The van der Waals surface area contributed by atoms with Gasteiger partial charge in [0.05, 0.1) is 23.4 Å². The molecule has 3 aromatic heterocycles. The van der Waals surface area contributed by atoms with Crippen LogP contribution in [0.3, 0.4) is 0 Å². The molecule has 30 heavy (non-hydrogen) atoms. The van der Waals surface area contributed by atoms with Gasteiger partial charge in [0.15, 0.2) is 11.4 Å². The third kappa shape index (κ3) is 4.35. The summed E-state index contributed by atoms with van der Waals surface area (Å²) in [6.45, 7) is 2.54. The van der Waals surface area contributed by atoms with Gasteiger partial charge in [-0.25, -0.2) is 9.97 Å². The quantitative estimate of drug-likeness (QED) is 0.359. The van der Waals surface area contributed by atoms with Crippen LogP contribution in [0.5, 0.6) is 0 Å². The van der Waals surface area contributed by atoms with Crippen molar-refractivity contribution in [2.24, 2.45) is 0 Å². The first-order valence-electron chi connectivity index (χ1n) is 9.37. The van der Waals surface area contributed by atoms with Gasteiger partial charge in [0.25, 0.3) is 5.91 Å². The van der Waals surface area contributed by atoms with Crippen molar-refractivity contribution < 1.29 is 14.3 Å². The number of furan rings is 1. The van der Waals surface area contributed by atoms with Crippen LogP contribution in [0, 0.1) is 0 Å². The Balaban J connectivity index is 1.59. The summed E-state index contributed by atoms with van der Waals surface area (Å²) in [4.78, 5) is 24.4. The minimum Gasteiger partial charge on any atom is -0.459 e. The molecule has 1 unspecified atom stereocenters. The predicted molar refractivity (Wildman–Crippen MR) is 114 cm³/mol. The van der Waals surface area contributed by atoms with E-state index in [4.69, 9.17) is 21.1 Å². The molecule has 8 nitrogen and oxygen atoms in total. The second-order valence-corrected chi connectivity index (χ2v) is 7.30. The van der Waals surface area contributed by atoms with Gasteiger partial charge in [-0.1, -0.05) is 11.6 Å². The van der Waals surface area contributed by atoms with E-state index in [1.54, 1.807) is 36.5 Å². The van der Waals surface area contributed by atoms with Crippen LogP contribution in [0.15, 0.2) is 53.3 Å². The molecular formula is C21H20ClN5O3. The predicted octanol–water partition coefficient (Wildman–Crippen LogP) is 3.59. The topological polar surface area (TPSA) is 116 Å². The van der Waals surface area contributed by atoms with Crippen LogP contribution in [-0.4, -0.2) is 38.6 Å². The van der Waals surface area contributed by atoms with E-state index in [0.29, 0.717) is 34.3 Å². The Morgan fingerprint density at radius 2 is 2.20 bits per heavy atom. The van der Waals surface area contributed by atoms with Gasteiger partial charge in [0.1, 0.15) is 5.82 Å². The van der Waals surface area contributed by atoms with E-state index in [0.717, 1.165) is 11.1 Å². The third-order valence-corrected chi connectivity index (χ3v) is 4.88. The monoisotopic (exact) mass is 425 g/mol. The fraction of sp³-hybridized carbons (Fsp3) is 0.190. The molecule has 0 radical (unpaired) electrons. The molecule has 4 aromatic rings. The van der Waals surface area contributed by atoms with E-state index in [-0.39, 0.29) is 24.3 Å². The number of imidazole rings is 1. The number of nitrogens with one attached hydrogen (secondary N) is 3. The normalized spacial score (nSPS) is 12.2. The SMILES string of the molecule is CC(CO)NCc1cnc2nc(-c3cc(NC(=O)c4ccco4)ccc3Cl)[nH]c2c1. The first-order chi connectivity index (χ1) is 14.5. The zero-order chi connectivity index (χ0) is 21.1. The number of aliphatic hydroxyl groups excluding tert-OH is 1. The molecule has 4 N–H and O–H groups in total. The summed E-state index contributed by atoms with van der Waals surface area (Å²) in [6.07, 6.45) is 3.18. The summed E-state index contributed by atoms with van der Waals surface area (Å²) < 4.78 is 5.12. The summed E-state index contributed by atoms with van der Waals surface area (Å²) in [5, 5.41) is 15.6. The lowest BCUT2D eigenvalue weighted by Gasteiger charge is -2.09. The number of aromatic amines is 1. The van der Waals surface area contributed by atoms with Crippen LogP contribution < -0.4 is 10.6 Å². The number of aliphatic hydroxyl groups is 1. The van der Waals surface area contributed by atoms with Crippen molar-refractivity contribution in [2.75, 3.05) is 11.9 Å². The number of carbonyl (C=O) groups is 1. The first kappa shape index (κ1) is 20.1. The largest absolute Gasteiger partial charge is 0.459 e. The Morgan fingerprint density at radius 3 is 2.97 bits per heavy atom. The minimum absolute atomic E-state index is 0.00374. The lowest BCUT2D eigenvalue weighted by Crippen LogP contribution is -2.28. The maximum Gasteiger partial charge on any atom is 0.291 e. The van der Waals surface area contributed by atoms with Crippen LogP contribution in [0.2, 0.25) is 5.02 Å². The summed E-state index contributed by atoms with van der Waals surface area (Å²) in [5.41, 5.74) is 3.49. The zero-order valence-corrected chi connectivity index (χ0v) is 16.9. The fourth-order valence-corrected chi connectivity index (χ4v) is 3.12. The Morgan fingerprint density at radius 1 is 1.33 bits per heavy atom. The number of nitrogens with zero attached hydrogens (tertiary/aromatic N) is 2. The molecule has 0 aliphatic carbocycles. The van der Waals surface area contributed by atoms with Crippen molar-refractivity contribution in [3.63, 3.8) is 0 Å². The van der Waals surface area contributed by atoms with Gasteiger partial charge < -0.3 is 25.1 Å². The molecule has 4 rings (SSSR count). The number of amides is 1. The lowest BCUT2D eigenvalue weighted by molar-refractivity contribution is 0.0996. The standard InChI is InChI=1S/C21H20ClN5O3/c1-12(11-28)23-9-13-7-17-20(24-10-13)27-19(26-17)15-8-14(4-5-16(15)22)25-21(29)18-3-2-6-30-18/h2-8,10,12,23,28H,9,11H2,1H3,(H,25,29)(H,24,26,27). The maximum atomic E-state index is 12.2. The number of fused-ring (bicyclic) bond motifs is 1. The van der Waals surface area contributed by atoms with E-state index in [1.807, 2.05) is 13.0 Å². The van der Waals surface area contributed by atoms with E-state index >= 15 is 0 Å². The number of carbonyl (C=O) groups excluding carboxylic acids is 1. The van der Waals surface area contributed by atoms with Crippen LogP contribution in [-0.2, 0) is 6.54 Å². The van der Waals surface area contributed by atoms with E-state index < -0.39 is 0 Å². The van der Waals surface area contributed by atoms with Crippen molar-refractivity contribution in [3.05, 3.63) is 65.2 Å². The number of hydrogen-bond acceptors (Lipinski definition) is 6. The van der Waals surface area contributed by atoms with Crippen LogP contribution in [0.25, 0.3) is 22.6 Å². The average molecular weight is 426 g/mol. The molecule has 1 amide bonds. The Labute approximate surface area is 177 Å². The smallest absolute Gasteiger partial charge is 0.291 e. The number of anilines is 1. The van der Waals surface area contributed by atoms with Crippen LogP contribution >= 0.6 is 11.6 Å². The minimum atomic E-state index is -0.353. The number of halogens is 1. The number of aromatic nitrogens is 3. The summed E-state index contributed by atoms with van der Waals surface area (Å²) in [6, 6.07) is 10.3. The second kappa shape index (κ2) is 8.66. The van der Waals surface area contributed by atoms with Crippen LogP contribution in [0.1, 0.15) is 23.0 Å². The molecule has 3 heterocycles. The maximum absolute atomic E-state index is 12.2. The highest BCUT2D eigenvalue weighted by atomic mass is 35.5. The zero-order valence-electron chi connectivity index (χ0n) is 16.1. The Kier molecular flexibility index (Phi) is 5.80. The lowest BCUT2D eigenvalue weighted by atomic mass is 10.2. The number of pyridine rings is 1. The van der Waals surface area contributed by atoms with Crippen molar-refractivity contribution >= 4 is 34.4 Å². The first-order valence-corrected chi connectivity index (χ1v) is 9.75. The van der Waals surface area contributed by atoms with Crippen molar-refractivity contribution in [1.82, 2.24) is 20.3 Å². The molecule has 0 saturated heterocycles.